The Morgan fingerprint density at radius 1 is 0.559 bits per heavy atom. The molecule has 4 rings (SSSR count). The second kappa shape index (κ2) is 10.5. The third-order valence-electron chi connectivity index (χ3n) is 6.47. The first-order valence-corrected chi connectivity index (χ1v) is 13.2. The van der Waals surface area contributed by atoms with Gasteiger partial charge in [0, 0.05) is 25.0 Å². The van der Waals surface area contributed by atoms with Crippen LogP contribution >= 0.6 is 50.5 Å². The largest absolute Gasteiger partial charge is 0.143 e. The summed E-state index contributed by atoms with van der Waals surface area (Å²) < 4.78 is 0. The third kappa shape index (κ3) is 5.11. The summed E-state index contributed by atoms with van der Waals surface area (Å²) in [6.45, 7) is 6.92. The molecule has 0 saturated heterocycles. The van der Waals surface area contributed by atoms with Crippen molar-refractivity contribution in [3.05, 3.63) is 96.1 Å². The molecule has 34 heavy (non-hydrogen) atoms. The van der Waals surface area contributed by atoms with E-state index >= 15 is 0 Å². The van der Waals surface area contributed by atoms with Gasteiger partial charge in [-0.25, -0.2) is 0 Å². The minimum absolute atomic E-state index is 0.197. The van der Waals surface area contributed by atoms with E-state index < -0.39 is 0 Å². The maximum atomic E-state index is 4.79. The molecule has 0 fully saturated rings. The summed E-state index contributed by atoms with van der Waals surface area (Å²) in [4.78, 5) is 3.81. The van der Waals surface area contributed by atoms with Gasteiger partial charge < -0.3 is 0 Å². The molecule has 0 aliphatic carbocycles. The number of hydrogen-bond acceptors (Lipinski definition) is 4. The summed E-state index contributed by atoms with van der Waals surface area (Å²) in [7, 11) is 0. The van der Waals surface area contributed by atoms with Crippen LogP contribution in [-0.2, 0) is 5.41 Å². The molecule has 0 nitrogen and oxygen atoms in total. The lowest BCUT2D eigenvalue weighted by Crippen LogP contribution is -2.26. The number of benzene rings is 4. The summed E-state index contributed by atoms with van der Waals surface area (Å²) in [6.07, 6.45) is 1.01. The summed E-state index contributed by atoms with van der Waals surface area (Å²) in [5.74, 6) is 0.512. The van der Waals surface area contributed by atoms with E-state index in [1.165, 1.54) is 11.1 Å². The summed E-state index contributed by atoms with van der Waals surface area (Å²) in [5, 5.41) is 0. The highest BCUT2D eigenvalue weighted by atomic mass is 32.1. The van der Waals surface area contributed by atoms with Crippen LogP contribution in [0.25, 0.3) is 22.3 Å². The topological polar surface area (TPSA) is 0 Å². The lowest BCUT2D eigenvalue weighted by atomic mass is 9.70. The summed E-state index contributed by atoms with van der Waals surface area (Å²) in [6, 6.07) is 29.6. The molecule has 0 amide bonds. The Bertz CT molecular complexity index is 1230. The van der Waals surface area contributed by atoms with Crippen LogP contribution in [0.15, 0.2) is 105 Å². The lowest BCUT2D eigenvalue weighted by Gasteiger charge is -2.34. The average molecular weight is 519 g/mol. The van der Waals surface area contributed by atoms with Gasteiger partial charge in [0.2, 0.25) is 0 Å². The summed E-state index contributed by atoms with van der Waals surface area (Å²) in [5.41, 5.74) is 6.74. The molecule has 0 bridgehead atoms. The van der Waals surface area contributed by atoms with E-state index in [0.717, 1.165) is 48.3 Å². The molecule has 4 heteroatoms. The zero-order valence-electron chi connectivity index (χ0n) is 19.7. The molecule has 0 spiro atoms. The van der Waals surface area contributed by atoms with E-state index in [1.54, 1.807) is 0 Å². The van der Waals surface area contributed by atoms with Gasteiger partial charge in [-0.05, 0) is 82.1 Å². The highest BCUT2D eigenvalue weighted by Gasteiger charge is 2.31. The molecule has 0 heterocycles. The second-order valence-corrected chi connectivity index (χ2v) is 11.4. The quantitative estimate of drug-likeness (QED) is 0.179. The van der Waals surface area contributed by atoms with Gasteiger partial charge in [-0.1, -0.05) is 69.3 Å². The molecule has 0 unspecified atom stereocenters. The van der Waals surface area contributed by atoms with Gasteiger partial charge >= 0.3 is 0 Å². The molecular weight excluding hydrogens is 489 g/mol. The van der Waals surface area contributed by atoms with Crippen LogP contribution in [0.5, 0.6) is 0 Å². The van der Waals surface area contributed by atoms with Crippen molar-refractivity contribution >= 4 is 50.5 Å². The predicted octanol–water partition coefficient (Wildman–Crippen LogP) is 9.53. The first-order valence-electron chi connectivity index (χ1n) is 11.4. The Labute approximate surface area is 225 Å². The van der Waals surface area contributed by atoms with Crippen molar-refractivity contribution in [3.63, 3.8) is 0 Å². The van der Waals surface area contributed by atoms with Crippen LogP contribution in [0.2, 0.25) is 0 Å². The Morgan fingerprint density at radius 3 is 1.32 bits per heavy atom. The first-order chi connectivity index (χ1) is 16.2. The molecule has 0 atom stereocenters. The van der Waals surface area contributed by atoms with Crippen molar-refractivity contribution in [2.75, 3.05) is 0 Å². The fourth-order valence-corrected chi connectivity index (χ4v) is 5.89. The standard InChI is InChI=1S/C30H30S4/c1-19(2)18-30(3,20-12-14-28(33)24(16-20)22-8-4-6-10-26(22)31)21-13-15-29(34)25(17-21)23-9-5-7-11-27(23)32/h4-17,19,31-34H,18H2,1-3H3. The van der Waals surface area contributed by atoms with Crippen LogP contribution in [0.3, 0.4) is 0 Å². The molecular formula is C30H30S4. The van der Waals surface area contributed by atoms with E-state index in [-0.39, 0.29) is 5.41 Å². The molecule has 4 aromatic carbocycles. The molecule has 174 valence electrons. The zero-order chi connectivity index (χ0) is 24.5. The van der Waals surface area contributed by atoms with Gasteiger partial charge in [-0.2, -0.15) is 0 Å². The van der Waals surface area contributed by atoms with E-state index in [4.69, 9.17) is 50.5 Å². The Hall–Kier alpha value is -1.72. The van der Waals surface area contributed by atoms with Crippen LogP contribution < -0.4 is 0 Å². The fraction of sp³-hybridized carbons (Fsp3) is 0.200. The minimum atomic E-state index is -0.197. The van der Waals surface area contributed by atoms with Gasteiger partial charge in [0.1, 0.15) is 0 Å². The van der Waals surface area contributed by atoms with Crippen LogP contribution in [0, 0.1) is 5.92 Å². The van der Waals surface area contributed by atoms with Gasteiger partial charge in [-0.3, -0.25) is 0 Å². The summed E-state index contributed by atoms with van der Waals surface area (Å²) >= 11 is 19.0. The Kier molecular flexibility index (Phi) is 7.83. The third-order valence-corrected chi connectivity index (χ3v) is 8.03. The molecule has 0 aliphatic rings. The molecule has 0 aromatic heterocycles. The Balaban J connectivity index is 1.91. The first kappa shape index (κ1) is 25.4. The van der Waals surface area contributed by atoms with Crippen molar-refractivity contribution in [2.45, 2.75) is 52.2 Å². The second-order valence-electron chi connectivity index (χ2n) is 9.43. The van der Waals surface area contributed by atoms with Crippen LogP contribution in [0.1, 0.15) is 38.3 Å². The van der Waals surface area contributed by atoms with Gasteiger partial charge in [0.25, 0.3) is 0 Å². The molecule has 0 radical (unpaired) electrons. The SMILES string of the molecule is CC(C)CC(C)(c1ccc(S)c(-c2ccccc2S)c1)c1ccc(S)c(-c2ccccc2S)c1. The average Bonchev–Trinajstić information content (AvgIpc) is 2.80. The van der Waals surface area contributed by atoms with Crippen molar-refractivity contribution < 1.29 is 0 Å². The van der Waals surface area contributed by atoms with Crippen LogP contribution in [-0.4, -0.2) is 0 Å². The normalized spacial score (nSPS) is 11.8. The Morgan fingerprint density at radius 2 is 0.941 bits per heavy atom. The smallest absolute Gasteiger partial charge is 0.0177 e. The number of hydrogen-bond donors (Lipinski definition) is 4. The number of rotatable bonds is 6. The highest BCUT2D eigenvalue weighted by molar-refractivity contribution is 7.81. The van der Waals surface area contributed by atoms with Gasteiger partial charge in [0.05, 0.1) is 0 Å². The van der Waals surface area contributed by atoms with Crippen molar-refractivity contribution in [1.29, 1.82) is 0 Å². The zero-order valence-corrected chi connectivity index (χ0v) is 23.2. The van der Waals surface area contributed by atoms with E-state index in [1.807, 2.05) is 24.3 Å². The van der Waals surface area contributed by atoms with E-state index in [9.17, 15) is 0 Å². The van der Waals surface area contributed by atoms with Crippen molar-refractivity contribution in [2.24, 2.45) is 5.92 Å². The molecule has 0 aliphatic heterocycles. The molecule has 4 aromatic rings. The van der Waals surface area contributed by atoms with Crippen molar-refractivity contribution in [3.8, 4) is 22.3 Å². The maximum Gasteiger partial charge on any atom is 0.0177 e. The molecule has 0 saturated carbocycles. The maximum absolute atomic E-state index is 4.79. The van der Waals surface area contributed by atoms with E-state index in [0.29, 0.717) is 5.92 Å². The van der Waals surface area contributed by atoms with Gasteiger partial charge in [-0.15, -0.1) is 50.5 Å². The monoisotopic (exact) mass is 518 g/mol. The highest BCUT2D eigenvalue weighted by Crippen LogP contribution is 2.44. The van der Waals surface area contributed by atoms with Crippen molar-refractivity contribution in [1.82, 2.24) is 0 Å². The fourth-order valence-electron chi connectivity index (χ4n) is 4.81. The minimum Gasteiger partial charge on any atom is -0.143 e. The predicted molar refractivity (Wildman–Crippen MR) is 159 cm³/mol. The molecule has 0 N–H and O–H groups in total. The number of thiol groups is 4. The van der Waals surface area contributed by atoms with Crippen LogP contribution in [0.4, 0.5) is 0 Å². The van der Waals surface area contributed by atoms with Gasteiger partial charge in [0.15, 0.2) is 0 Å². The van der Waals surface area contributed by atoms with E-state index in [2.05, 4.69) is 81.4 Å². The lowest BCUT2D eigenvalue weighted by molar-refractivity contribution is 0.427.